The highest BCUT2D eigenvalue weighted by atomic mass is 35.5. The second kappa shape index (κ2) is 7.28. The number of halogens is 3. The molecule has 4 rings (SSSR count). The van der Waals surface area contributed by atoms with Gasteiger partial charge in [0.05, 0.1) is 22.0 Å². The van der Waals surface area contributed by atoms with Gasteiger partial charge in [0.2, 0.25) is 0 Å². The zero-order valence-corrected chi connectivity index (χ0v) is 15.7. The smallest absolute Gasteiger partial charge is 0.277 e. The van der Waals surface area contributed by atoms with E-state index in [0.717, 1.165) is 10.3 Å². The highest BCUT2D eigenvalue weighted by Crippen LogP contribution is 2.37. The summed E-state index contributed by atoms with van der Waals surface area (Å²) in [7, 11) is 0. The summed E-state index contributed by atoms with van der Waals surface area (Å²) in [6, 6.07) is 14.1. The minimum atomic E-state index is -2.68. The lowest BCUT2D eigenvalue weighted by Gasteiger charge is -2.14. The van der Waals surface area contributed by atoms with E-state index < -0.39 is 6.55 Å². The molecule has 0 saturated carbocycles. The maximum atomic E-state index is 13.7. The summed E-state index contributed by atoms with van der Waals surface area (Å²) in [5.41, 5.74) is 1.74. The van der Waals surface area contributed by atoms with Gasteiger partial charge in [-0.3, -0.25) is 9.13 Å². The zero-order chi connectivity index (χ0) is 19.0. The molecule has 1 unspecified atom stereocenters. The summed E-state index contributed by atoms with van der Waals surface area (Å²) in [4.78, 5) is 4.41. The van der Waals surface area contributed by atoms with Gasteiger partial charge in [-0.15, -0.1) is 10.2 Å². The third kappa shape index (κ3) is 3.42. The Labute approximate surface area is 163 Å². The number of para-hydroxylation sites is 2. The van der Waals surface area contributed by atoms with Gasteiger partial charge in [-0.1, -0.05) is 41.6 Å². The van der Waals surface area contributed by atoms with Crippen LogP contribution in [0, 0.1) is 0 Å². The van der Waals surface area contributed by atoms with E-state index in [1.807, 2.05) is 19.1 Å². The fourth-order valence-corrected chi connectivity index (χ4v) is 4.01. The Hall–Kier alpha value is -2.45. The van der Waals surface area contributed by atoms with Crippen molar-refractivity contribution in [2.45, 2.75) is 23.9 Å². The Kier molecular flexibility index (Phi) is 4.84. The van der Waals surface area contributed by atoms with Crippen LogP contribution in [0.3, 0.4) is 0 Å². The summed E-state index contributed by atoms with van der Waals surface area (Å²) in [6.45, 7) is -0.858. The molecule has 2 heterocycles. The average Bonchev–Trinajstić information content (AvgIpc) is 3.25. The number of aromatic nitrogens is 5. The first kappa shape index (κ1) is 17.9. The fraction of sp³-hybridized carbons (Fsp3) is 0.167. The van der Waals surface area contributed by atoms with Gasteiger partial charge in [0.15, 0.2) is 5.16 Å². The van der Waals surface area contributed by atoms with Gasteiger partial charge in [0.25, 0.3) is 0 Å². The molecule has 0 radical (unpaired) electrons. The van der Waals surface area contributed by atoms with Crippen molar-refractivity contribution in [3.63, 3.8) is 0 Å². The Morgan fingerprint density at radius 3 is 2.70 bits per heavy atom. The van der Waals surface area contributed by atoms with Gasteiger partial charge in [-0.05, 0) is 37.3 Å². The van der Waals surface area contributed by atoms with Crippen LogP contribution in [0.15, 0.2) is 60.0 Å². The highest BCUT2D eigenvalue weighted by Gasteiger charge is 2.24. The van der Waals surface area contributed by atoms with Gasteiger partial charge in [0.1, 0.15) is 12.2 Å². The molecule has 0 fully saturated rings. The molecule has 0 bridgehead atoms. The number of hydrogen-bond acceptors (Lipinski definition) is 4. The number of imidazole rings is 1. The van der Waals surface area contributed by atoms with E-state index >= 15 is 0 Å². The first-order valence-corrected chi connectivity index (χ1v) is 9.38. The molecule has 0 amide bonds. The molecule has 0 spiro atoms. The molecule has 4 aromatic rings. The molecule has 5 nitrogen and oxygen atoms in total. The lowest BCUT2D eigenvalue weighted by molar-refractivity contribution is 0.0715. The first-order valence-electron chi connectivity index (χ1n) is 8.12. The van der Waals surface area contributed by atoms with Crippen LogP contribution >= 0.6 is 23.4 Å². The van der Waals surface area contributed by atoms with Crippen molar-refractivity contribution in [1.82, 2.24) is 24.3 Å². The Bertz CT molecular complexity index is 1090. The molecule has 0 aliphatic heterocycles. The van der Waals surface area contributed by atoms with E-state index in [2.05, 4.69) is 15.2 Å². The monoisotopic (exact) mass is 405 g/mol. The largest absolute Gasteiger partial charge is 0.320 e. The number of nitrogens with zero attached hydrogens (tertiary/aromatic N) is 5. The van der Waals surface area contributed by atoms with Gasteiger partial charge >= 0.3 is 6.55 Å². The van der Waals surface area contributed by atoms with Crippen LogP contribution in [0.2, 0.25) is 5.02 Å². The Morgan fingerprint density at radius 2 is 1.93 bits per heavy atom. The number of fused-ring (bicyclic) bond motifs is 1. The lowest BCUT2D eigenvalue weighted by atomic mass is 10.3. The van der Waals surface area contributed by atoms with E-state index in [0.29, 0.717) is 21.2 Å². The number of alkyl halides is 2. The van der Waals surface area contributed by atoms with Crippen molar-refractivity contribution in [1.29, 1.82) is 0 Å². The second-order valence-electron chi connectivity index (χ2n) is 5.83. The molecule has 0 saturated heterocycles. The Morgan fingerprint density at radius 1 is 1.11 bits per heavy atom. The third-order valence-electron chi connectivity index (χ3n) is 4.07. The number of rotatable bonds is 5. The lowest BCUT2D eigenvalue weighted by Crippen LogP contribution is -2.07. The van der Waals surface area contributed by atoms with E-state index in [4.69, 9.17) is 11.6 Å². The topological polar surface area (TPSA) is 48.5 Å². The van der Waals surface area contributed by atoms with Crippen LogP contribution < -0.4 is 0 Å². The van der Waals surface area contributed by atoms with Gasteiger partial charge in [0, 0.05) is 5.02 Å². The molecular formula is C18H14ClF2N5S. The van der Waals surface area contributed by atoms with Crippen molar-refractivity contribution >= 4 is 34.4 Å². The molecule has 0 N–H and O–H groups in total. The average molecular weight is 406 g/mol. The molecule has 2 aromatic heterocycles. The molecule has 27 heavy (non-hydrogen) atoms. The SMILES string of the molecule is CC(Sc1nncn1-c1cccc(Cl)c1)c1nc2ccccc2n1C(F)F. The summed E-state index contributed by atoms with van der Waals surface area (Å²) in [5, 5.41) is 8.86. The maximum absolute atomic E-state index is 13.7. The number of thioether (sulfide) groups is 1. The second-order valence-corrected chi connectivity index (χ2v) is 7.57. The highest BCUT2D eigenvalue weighted by molar-refractivity contribution is 7.99. The Balaban J connectivity index is 1.70. The minimum Gasteiger partial charge on any atom is -0.277 e. The van der Waals surface area contributed by atoms with Gasteiger partial charge < -0.3 is 0 Å². The molecule has 2 aromatic carbocycles. The first-order chi connectivity index (χ1) is 13.0. The van der Waals surface area contributed by atoms with Crippen LogP contribution in [0.4, 0.5) is 8.78 Å². The molecule has 138 valence electrons. The van der Waals surface area contributed by atoms with E-state index in [9.17, 15) is 8.78 Å². The predicted molar refractivity (Wildman–Crippen MR) is 102 cm³/mol. The van der Waals surface area contributed by atoms with Crippen LogP contribution in [-0.4, -0.2) is 24.3 Å². The molecule has 1 atom stereocenters. The van der Waals surface area contributed by atoms with Crippen LogP contribution in [0.25, 0.3) is 16.7 Å². The van der Waals surface area contributed by atoms with Crippen molar-refractivity contribution in [3.05, 3.63) is 65.7 Å². The summed E-state index contributed by atoms with van der Waals surface area (Å²) >= 11 is 7.37. The van der Waals surface area contributed by atoms with E-state index in [-0.39, 0.29) is 11.1 Å². The molecule has 0 aliphatic carbocycles. The number of hydrogen-bond donors (Lipinski definition) is 0. The van der Waals surface area contributed by atoms with Crippen molar-refractivity contribution in [2.75, 3.05) is 0 Å². The summed E-state index contributed by atoms with van der Waals surface area (Å²) in [5.74, 6) is 0.289. The van der Waals surface area contributed by atoms with Gasteiger partial charge in [-0.2, -0.15) is 8.78 Å². The molecule has 9 heteroatoms. The van der Waals surface area contributed by atoms with Crippen molar-refractivity contribution in [3.8, 4) is 5.69 Å². The number of benzene rings is 2. The summed E-state index contributed by atoms with van der Waals surface area (Å²) in [6.07, 6.45) is 1.57. The fourth-order valence-electron chi connectivity index (χ4n) is 2.87. The van der Waals surface area contributed by atoms with E-state index in [1.165, 1.54) is 11.8 Å². The van der Waals surface area contributed by atoms with Crippen LogP contribution in [0.1, 0.15) is 24.5 Å². The maximum Gasteiger partial charge on any atom is 0.320 e. The molecular weight excluding hydrogens is 392 g/mol. The van der Waals surface area contributed by atoms with Crippen molar-refractivity contribution in [2.24, 2.45) is 0 Å². The van der Waals surface area contributed by atoms with E-state index in [1.54, 1.807) is 47.3 Å². The normalized spacial score (nSPS) is 12.8. The zero-order valence-electron chi connectivity index (χ0n) is 14.1. The van der Waals surface area contributed by atoms with Gasteiger partial charge in [-0.25, -0.2) is 4.98 Å². The predicted octanol–water partition coefficient (Wildman–Crippen LogP) is 5.52. The summed E-state index contributed by atoms with van der Waals surface area (Å²) < 4.78 is 30.1. The molecule has 0 aliphatic rings. The van der Waals surface area contributed by atoms with Crippen LogP contribution in [0.5, 0.6) is 0 Å². The third-order valence-corrected chi connectivity index (χ3v) is 5.36. The van der Waals surface area contributed by atoms with Crippen molar-refractivity contribution < 1.29 is 8.78 Å². The van der Waals surface area contributed by atoms with Crippen LogP contribution in [-0.2, 0) is 0 Å². The standard InChI is InChI=1S/C18H14ClF2N5S/c1-11(16-23-14-7-2-3-8-15(14)26(16)17(20)21)27-18-24-22-10-25(18)13-6-4-5-12(19)9-13/h2-11,17H,1H3. The minimum absolute atomic E-state index is 0.289. The quantitative estimate of drug-likeness (QED) is 0.410.